The Kier molecular flexibility index (Phi) is 5.33. The van der Waals surface area contributed by atoms with Crippen LogP contribution in [0.25, 0.3) is 0 Å². The van der Waals surface area contributed by atoms with Crippen LogP contribution in [-0.4, -0.2) is 84.8 Å². The van der Waals surface area contributed by atoms with Crippen molar-refractivity contribution in [2.75, 3.05) is 62.3 Å². The van der Waals surface area contributed by atoms with E-state index in [1.54, 1.807) is 0 Å². The molecule has 0 amide bonds. The number of hydrogen-bond donors (Lipinski definition) is 1. The molecule has 2 atom stereocenters. The molecule has 0 bridgehead atoms. The minimum absolute atomic E-state index is 0.145. The summed E-state index contributed by atoms with van der Waals surface area (Å²) >= 11 is 0. The lowest BCUT2D eigenvalue weighted by Crippen LogP contribution is -2.54. The molecule has 25 heavy (non-hydrogen) atoms. The minimum atomic E-state index is -0.145. The number of anilines is 2. The van der Waals surface area contributed by atoms with Gasteiger partial charge in [0.15, 0.2) is 11.6 Å². The summed E-state index contributed by atoms with van der Waals surface area (Å²) in [4.78, 5) is 7.00. The van der Waals surface area contributed by atoms with E-state index < -0.39 is 0 Å². The fraction of sp³-hybridized carbons (Fsp3) is 0.778. The number of aromatic nitrogens is 2. The van der Waals surface area contributed by atoms with Gasteiger partial charge >= 0.3 is 0 Å². The van der Waals surface area contributed by atoms with Gasteiger partial charge in [-0.2, -0.15) is 0 Å². The number of ether oxygens (including phenoxy) is 1. The first-order valence-electron chi connectivity index (χ1n) is 9.65. The van der Waals surface area contributed by atoms with Gasteiger partial charge in [0.2, 0.25) is 0 Å². The molecule has 1 saturated carbocycles. The Balaban J connectivity index is 1.32. The molecule has 1 aromatic rings. The van der Waals surface area contributed by atoms with Gasteiger partial charge in [0, 0.05) is 45.3 Å². The second-order valence-electron chi connectivity index (χ2n) is 7.29. The molecule has 1 aliphatic carbocycles. The molecule has 3 aliphatic rings. The van der Waals surface area contributed by atoms with Gasteiger partial charge < -0.3 is 19.6 Å². The van der Waals surface area contributed by atoms with Crippen LogP contribution in [0, 0.1) is 0 Å². The van der Waals surface area contributed by atoms with E-state index in [0.717, 1.165) is 77.0 Å². The Morgan fingerprint density at radius 2 is 1.44 bits per heavy atom. The highest BCUT2D eigenvalue weighted by atomic mass is 16.5. The van der Waals surface area contributed by atoms with Gasteiger partial charge in [0.1, 0.15) is 0 Å². The number of aliphatic hydroxyl groups excluding tert-OH is 1. The molecular formula is C18H29N5O2. The van der Waals surface area contributed by atoms with Crippen molar-refractivity contribution in [2.45, 2.75) is 37.8 Å². The molecule has 2 aliphatic heterocycles. The summed E-state index contributed by atoms with van der Waals surface area (Å²) in [5, 5.41) is 19.1. The van der Waals surface area contributed by atoms with Crippen molar-refractivity contribution in [2.24, 2.45) is 0 Å². The Morgan fingerprint density at radius 1 is 0.840 bits per heavy atom. The van der Waals surface area contributed by atoms with E-state index in [1.807, 2.05) is 0 Å². The molecule has 3 fully saturated rings. The molecule has 7 heteroatoms. The highest BCUT2D eigenvalue weighted by molar-refractivity contribution is 5.45. The van der Waals surface area contributed by atoms with Gasteiger partial charge in [0.25, 0.3) is 0 Å². The fourth-order valence-electron chi connectivity index (χ4n) is 4.25. The van der Waals surface area contributed by atoms with Crippen LogP contribution in [0.4, 0.5) is 11.6 Å². The van der Waals surface area contributed by atoms with Gasteiger partial charge in [-0.15, -0.1) is 10.2 Å². The highest BCUT2D eigenvalue weighted by Gasteiger charge is 2.31. The minimum Gasteiger partial charge on any atom is -0.391 e. The van der Waals surface area contributed by atoms with Crippen LogP contribution >= 0.6 is 0 Å². The Bertz CT molecular complexity index is 541. The summed E-state index contributed by atoms with van der Waals surface area (Å²) in [6.07, 6.45) is 4.36. The van der Waals surface area contributed by atoms with Crippen molar-refractivity contribution in [3.8, 4) is 0 Å². The van der Waals surface area contributed by atoms with Crippen molar-refractivity contribution in [1.82, 2.24) is 15.1 Å². The van der Waals surface area contributed by atoms with Crippen molar-refractivity contribution >= 4 is 11.6 Å². The average molecular weight is 347 g/mol. The molecule has 1 N–H and O–H groups in total. The smallest absolute Gasteiger partial charge is 0.151 e. The molecule has 1 aromatic heterocycles. The van der Waals surface area contributed by atoms with Crippen LogP contribution in [0.1, 0.15) is 25.7 Å². The summed E-state index contributed by atoms with van der Waals surface area (Å²) in [5.74, 6) is 1.90. The predicted octanol–water partition coefficient (Wildman–Crippen LogP) is 0.739. The van der Waals surface area contributed by atoms with Gasteiger partial charge in [-0.25, -0.2) is 0 Å². The van der Waals surface area contributed by atoms with Crippen LogP contribution in [-0.2, 0) is 4.74 Å². The third-order valence-electron chi connectivity index (χ3n) is 5.77. The van der Waals surface area contributed by atoms with E-state index in [-0.39, 0.29) is 6.10 Å². The van der Waals surface area contributed by atoms with Gasteiger partial charge in [-0.05, 0) is 25.0 Å². The van der Waals surface area contributed by atoms with Crippen molar-refractivity contribution in [3.05, 3.63) is 12.1 Å². The monoisotopic (exact) mass is 347 g/mol. The average Bonchev–Trinajstić information content (AvgIpc) is 2.69. The van der Waals surface area contributed by atoms with Crippen LogP contribution in [0.5, 0.6) is 0 Å². The normalized spacial score (nSPS) is 29.0. The van der Waals surface area contributed by atoms with Crippen LogP contribution in [0.2, 0.25) is 0 Å². The molecule has 3 heterocycles. The largest absolute Gasteiger partial charge is 0.391 e. The maximum Gasteiger partial charge on any atom is 0.151 e. The lowest BCUT2D eigenvalue weighted by molar-refractivity contribution is 0.0172. The third kappa shape index (κ3) is 3.88. The number of hydrogen-bond acceptors (Lipinski definition) is 7. The van der Waals surface area contributed by atoms with E-state index in [2.05, 4.69) is 37.0 Å². The zero-order chi connectivity index (χ0) is 17.1. The maximum absolute atomic E-state index is 10.3. The van der Waals surface area contributed by atoms with Gasteiger partial charge in [-0.1, -0.05) is 12.8 Å². The number of rotatable bonds is 3. The molecule has 0 aromatic carbocycles. The van der Waals surface area contributed by atoms with Crippen LogP contribution < -0.4 is 9.80 Å². The summed E-state index contributed by atoms with van der Waals surface area (Å²) in [6, 6.07) is 4.51. The molecule has 2 saturated heterocycles. The third-order valence-corrected chi connectivity index (χ3v) is 5.77. The van der Waals surface area contributed by atoms with Crippen molar-refractivity contribution in [3.63, 3.8) is 0 Å². The zero-order valence-electron chi connectivity index (χ0n) is 14.9. The van der Waals surface area contributed by atoms with Crippen molar-refractivity contribution in [1.29, 1.82) is 0 Å². The van der Waals surface area contributed by atoms with E-state index in [9.17, 15) is 5.11 Å². The van der Waals surface area contributed by atoms with Crippen molar-refractivity contribution < 1.29 is 9.84 Å². The second kappa shape index (κ2) is 7.85. The van der Waals surface area contributed by atoms with Gasteiger partial charge in [-0.3, -0.25) is 4.90 Å². The lowest BCUT2D eigenvalue weighted by Gasteiger charge is -2.42. The summed E-state index contributed by atoms with van der Waals surface area (Å²) < 4.78 is 5.39. The summed E-state index contributed by atoms with van der Waals surface area (Å²) in [7, 11) is 0. The predicted molar refractivity (Wildman–Crippen MR) is 97.1 cm³/mol. The zero-order valence-corrected chi connectivity index (χ0v) is 14.9. The van der Waals surface area contributed by atoms with Crippen LogP contribution in [0.15, 0.2) is 12.1 Å². The molecule has 7 nitrogen and oxygen atoms in total. The van der Waals surface area contributed by atoms with E-state index >= 15 is 0 Å². The molecule has 0 radical (unpaired) electrons. The molecular weight excluding hydrogens is 318 g/mol. The number of nitrogens with zero attached hydrogens (tertiary/aromatic N) is 5. The standard InChI is InChI=1S/C18H29N5O2/c24-16-4-2-1-3-15(16)21-7-9-22(10-8-21)17-5-6-18(20-19-17)23-11-13-25-14-12-23/h5-6,15-16,24H,1-4,7-14H2. The Hall–Kier alpha value is -1.44. The first-order chi connectivity index (χ1) is 12.3. The van der Waals surface area contributed by atoms with E-state index in [0.29, 0.717) is 6.04 Å². The number of piperazine rings is 1. The van der Waals surface area contributed by atoms with E-state index in [4.69, 9.17) is 4.74 Å². The number of morpholine rings is 1. The molecule has 138 valence electrons. The highest BCUT2D eigenvalue weighted by Crippen LogP contribution is 2.25. The summed E-state index contributed by atoms with van der Waals surface area (Å²) in [5.41, 5.74) is 0. The molecule has 4 rings (SSSR count). The topological polar surface area (TPSA) is 65.0 Å². The van der Waals surface area contributed by atoms with Crippen LogP contribution in [0.3, 0.4) is 0 Å². The van der Waals surface area contributed by atoms with E-state index in [1.165, 1.54) is 12.8 Å². The maximum atomic E-state index is 10.3. The fourth-order valence-corrected chi connectivity index (χ4v) is 4.25. The lowest BCUT2D eigenvalue weighted by atomic mass is 9.91. The SMILES string of the molecule is OC1CCCCC1N1CCN(c2ccc(N3CCOCC3)nn2)CC1. The first kappa shape index (κ1) is 17.0. The Labute approximate surface area is 149 Å². The first-order valence-corrected chi connectivity index (χ1v) is 9.65. The van der Waals surface area contributed by atoms with Gasteiger partial charge in [0.05, 0.1) is 19.3 Å². The molecule has 2 unspecified atom stereocenters. The Morgan fingerprint density at radius 3 is 2.04 bits per heavy atom. The second-order valence-corrected chi connectivity index (χ2v) is 7.29. The molecule has 0 spiro atoms. The quantitative estimate of drug-likeness (QED) is 0.865. The number of aliphatic hydroxyl groups is 1. The summed E-state index contributed by atoms with van der Waals surface area (Å²) in [6.45, 7) is 7.19.